The molecule has 0 aliphatic rings. The molecule has 0 radical (unpaired) electrons. The van der Waals surface area contributed by atoms with E-state index >= 15 is 0 Å². The lowest BCUT2D eigenvalue weighted by Gasteiger charge is -2.12. The van der Waals surface area contributed by atoms with E-state index in [0.717, 1.165) is 12.0 Å². The molecular formula is C13H20FNO2. The zero-order valence-corrected chi connectivity index (χ0v) is 10.4. The Morgan fingerprint density at radius 2 is 2.12 bits per heavy atom. The number of hydrogen-bond acceptors (Lipinski definition) is 3. The van der Waals surface area contributed by atoms with Crippen molar-refractivity contribution in [3.63, 3.8) is 0 Å². The summed E-state index contributed by atoms with van der Waals surface area (Å²) in [5.41, 5.74) is 6.84. The molecule has 1 unspecified atom stereocenters. The molecule has 2 N–H and O–H groups in total. The number of hydrogen-bond donors (Lipinski definition) is 1. The van der Waals surface area contributed by atoms with E-state index in [1.807, 2.05) is 25.1 Å². The van der Waals surface area contributed by atoms with Crippen LogP contribution in [0.2, 0.25) is 0 Å². The van der Waals surface area contributed by atoms with Gasteiger partial charge in [-0.1, -0.05) is 6.07 Å². The summed E-state index contributed by atoms with van der Waals surface area (Å²) >= 11 is 0. The van der Waals surface area contributed by atoms with E-state index in [0.29, 0.717) is 24.5 Å². The number of halogens is 1. The standard InChI is InChI=1S/C13H20FNO2/c1-10(15)8-11-4-5-12(13(9-11)16-2)17-7-3-6-14/h4-5,9-10H,3,6-8,15H2,1-2H3. The topological polar surface area (TPSA) is 44.5 Å². The van der Waals surface area contributed by atoms with Gasteiger partial charge in [-0.15, -0.1) is 0 Å². The summed E-state index contributed by atoms with van der Waals surface area (Å²) in [4.78, 5) is 0. The summed E-state index contributed by atoms with van der Waals surface area (Å²) in [6.07, 6.45) is 1.19. The summed E-state index contributed by atoms with van der Waals surface area (Å²) in [6.45, 7) is 1.95. The second-order valence-electron chi connectivity index (χ2n) is 4.06. The summed E-state index contributed by atoms with van der Waals surface area (Å²) in [6, 6.07) is 5.82. The first kappa shape index (κ1) is 13.8. The van der Waals surface area contributed by atoms with Gasteiger partial charge in [0.2, 0.25) is 0 Å². The van der Waals surface area contributed by atoms with Crippen molar-refractivity contribution in [1.82, 2.24) is 0 Å². The SMILES string of the molecule is COc1cc(CC(C)N)ccc1OCCCF. The van der Waals surface area contributed by atoms with Gasteiger partial charge in [0.15, 0.2) is 11.5 Å². The van der Waals surface area contributed by atoms with Crippen LogP contribution in [0.5, 0.6) is 11.5 Å². The van der Waals surface area contributed by atoms with Crippen molar-refractivity contribution >= 4 is 0 Å². The number of methoxy groups -OCH3 is 1. The normalized spacial score (nSPS) is 12.2. The van der Waals surface area contributed by atoms with Crippen molar-refractivity contribution in [1.29, 1.82) is 0 Å². The van der Waals surface area contributed by atoms with Crippen LogP contribution in [0.15, 0.2) is 18.2 Å². The van der Waals surface area contributed by atoms with Gasteiger partial charge < -0.3 is 15.2 Å². The van der Waals surface area contributed by atoms with E-state index in [9.17, 15) is 4.39 Å². The van der Waals surface area contributed by atoms with Crippen molar-refractivity contribution in [3.8, 4) is 11.5 Å². The van der Waals surface area contributed by atoms with Gasteiger partial charge in [-0.05, 0) is 31.0 Å². The molecule has 0 amide bonds. The Bertz CT molecular complexity index is 342. The second kappa shape index (κ2) is 7.12. The fraction of sp³-hybridized carbons (Fsp3) is 0.538. The monoisotopic (exact) mass is 241 g/mol. The minimum absolute atomic E-state index is 0.109. The molecular weight excluding hydrogens is 221 g/mol. The molecule has 0 aliphatic heterocycles. The molecule has 3 nitrogen and oxygen atoms in total. The molecule has 17 heavy (non-hydrogen) atoms. The molecule has 96 valence electrons. The van der Waals surface area contributed by atoms with Crippen molar-refractivity contribution in [2.24, 2.45) is 5.73 Å². The number of ether oxygens (including phenoxy) is 2. The average molecular weight is 241 g/mol. The molecule has 1 rings (SSSR count). The van der Waals surface area contributed by atoms with Crippen LogP contribution in [-0.4, -0.2) is 26.4 Å². The maximum Gasteiger partial charge on any atom is 0.161 e. The Labute approximate surface area is 102 Å². The Balaban J connectivity index is 2.71. The number of benzene rings is 1. The highest BCUT2D eigenvalue weighted by molar-refractivity contribution is 5.43. The van der Waals surface area contributed by atoms with Gasteiger partial charge in [0.25, 0.3) is 0 Å². The minimum atomic E-state index is -0.370. The van der Waals surface area contributed by atoms with Gasteiger partial charge in [-0.25, -0.2) is 0 Å². The van der Waals surface area contributed by atoms with Gasteiger partial charge in [-0.3, -0.25) is 4.39 Å². The van der Waals surface area contributed by atoms with Gasteiger partial charge >= 0.3 is 0 Å². The molecule has 0 aliphatic carbocycles. The highest BCUT2D eigenvalue weighted by Gasteiger charge is 2.06. The van der Waals surface area contributed by atoms with Crippen LogP contribution in [0.3, 0.4) is 0 Å². The van der Waals surface area contributed by atoms with Crippen molar-refractivity contribution < 1.29 is 13.9 Å². The third-order valence-electron chi connectivity index (χ3n) is 2.32. The number of alkyl halides is 1. The first-order valence-corrected chi connectivity index (χ1v) is 5.78. The smallest absolute Gasteiger partial charge is 0.161 e. The summed E-state index contributed by atoms with van der Waals surface area (Å²) in [7, 11) is 1.59. The molecule has 1 atom stereocenters. The second-order valence-corrected chi connectivity index (χ2v) is 4.06. The van der Waals surface area contributed by atoms with Crippen LogP contribution in [0, 0.1) is 0 Å². The lowest BCUT2D eigenvalue weighted by Crippen LogP contribution is -2.17. The van der Waals surface area contributed by atoms with Gasteiger partial charge in [-0.2, -0.15) is 0 Å². The molecule has 0 saturated heterocycles. The zero-order chi connectivity index (χ0) is 12.7. The molecule has 0 spiro atoms. The highest BCUT2D eigenvalue weighted by atomic mass is 19.1. The van der Waals surface area contributed by atoms with Crippen LogP contribution in [0.1, 0.15) is 18.9 Å². The van der Waals surface area contributed by atoms with Crippen LogP contribution in [0.4, 0.5) is 4.39 Å². The van der Waals surface area contributed by atoms with Gasteiger partial charge in [0.1, 0.15) is 0 Å². The van der Waals surface area contributed by atoms with Crippen molar-refractivity contribution in [3.05, 3.63) is 23.8 Å². The molecule has 1 aromatic carbocycles. The van der Waals surface area contributed by atoms with E-state index in [-0.39, 0.29) is 12.7 Å². The van der Waals surface area contributed by atoms with Crippen LogP contribution >= 0.6 is 0 Å². The van der Waals surface area contributed by atoms with Gasteiger partial charge in [0, 0.05) is 12.5 Å². The molecule has 4 heteroatoms. The Morgan fingerprint density at radius 3 is 2.71 bits per heavy atom. The summed E-state index contributed by atoms with van der Waals surface area (Å²) < 4.78 is 22.6. The van der Waals surface area contributed by atoms with Crippen molar-refractivity contribution in [2.45, 2.75) is 25.8 Å². The quantitative estimate of drug-likeness (QED) is 0.745. The number of rotatable bonds is 7. The van der Waals surface area contributed by atoms with E-state index < -0.39 is 0 Å². The van der Waals surface area contributed by atoms with E-state index in [2.05, 4.69) is 0 Å². The van der Waals surface area contributed by atoms with E-state index in [4.69, 9.17) is 15.2 Å². The summed E-state index contributed by atoms with van der Waals surface area (Å²) in [5.74, 6) is 1.32. The highest BCUT2D eigenvalue weighted by Crippen LogP contribution is 2.28. The largest absolute Gasteiger partial charge is 0.493 e. The maximum atomic E-state index is 12.0. The van der Waals surface area contributed by atoms with E-state index in [1.165, 1.54) is 0 Å². The Kier molecular flexibility index (Phi) is 5.77. The fourth-order valence-corrected chi connectivity index (χ4v) is 1.57. The van der Waals surface area contributed by atoms with Crippen LogP contribution < -0.4 is 15.2 Å². The lowest BCUT2D eigenvalue weighted by atomic mass is 10.1. The molecule has 0 saturated carbocycles. The molecule has 0 fully saturated rings. The average Bonchev–Trinajstić information content (AvgIpc) is 2.30. The Hall–Kier alpha value is -1.29. The third-order valence-corrected chi connectivity index (χ3v) is 2.32. The van der Waals surface area contributed by atoms with Crippen molar-refractivity contribution in [2.75, 3.05) is 20.4 Å². The minimum Gasteiger partial charge on any atom is -0.493 e. The van der Waals surface area contributed by atoms with Crippen LogP contribution in [-0.2, 0) is 6.42 Å². The van der Waals surface area contributed by atoms with Gasteiger partial charge in [0.05, 0.1) is 20.4 Å². The lowest BCUT2D eigenvalue weighted by molar-refractivity contribution is 0.273. The fourth-order valence-electron chi connectivity index (χ4n) is 1.57. The molecule has 0 bridgehead atoms. The maximum absolute atomic E-state index is 12.0. The Morgan fingerprint density at radius 1 is 1.35 bits per heavy atom. The predicted molar refractivity (Wildman–Crippen MR) is 66.4 cm³/mol. The molecule has 0 aromatic heterocycles. The summed E-state index contributed by atoms with van der Waals surface area (Å²) in [5, 5.41) is 0. The molecule has 1 aromatic rings. The molecule has 0 heterocycles. The predicted octanol–water partition coefficient (Wildman–Crippen LogP) is 2.32. The van der Waals surface area contributed by atoms with E-state index in [1.54, 1.807) is 7.11 Å². The third kappa shape index (κ3) is 4.61. The number of nitrogens with two attached hydrogens (primary N) is 1. The zero-order valence-electron chi connectivity index (χ0n) is 10.4. The first-order valence-electron chi connectivity index (χ1n) is 5.78. The van der Waals surface area contributed by atoms with Crippen LogP contribution in [0.25, 0.3) is 0 Å². The first-order chi connectivity index (χ1) is 8.17.